The van der Waals surface area contributed by atoms with Crippen LogP contribution in [-0.2, 0) is 29.2 Å². The van der Waals surface area contributed by atoms with Gasteiger partial charge in [0.2, 0.25) is 10.0 Å². The lowest BCUT2D eigenvalue weighted by molar-refractivity contribution is -0.137. The number of ketones is 1. The Bertz CT molecular complexity index is 1850. The Labute approximate surface area is 244 Å². The zero-order chi connectivity index (χ0) is 30.6. The van der Waals surface area contributed by atoms with Gasteiger partial charge in [-0.15, -0.1) is 0 Å². The van der Waals surface area contributed by atoms with Gasteiger partial charge in [0, 0.05) is 32.0 Å². The van der Waals surface area contributed by atoms with Crippen LogP contribution < -0.4 is 0 Å². The number of alkyl halides is 3. The number of piperidine rings is 1. The number of rotatable bonds is 7. The second kappa shape index (κ2) is 10.5. The molecule has 2 aliphatic rings. The maximum Gasteiger partial charge on any atom is 0.416 e. The number of hydrogen-bond donors (Lipinski definition) is 0. The van der Waals surface area contributed by atoms with E-state index in [2.05, 4.69) is 15.2 Å². The Morgan fingerprint density at radius 3 is 2.58 bits per heavy atom. The summed E-state index contributed by atoms with van der Waals surface area (Å²) in [5.74, 6) is -1.14. The number of pyridine rings is 1. The molecule has 4 heterocycles. The highest BCUT2D eigenvalue weighted by Crippen LogP contribution is 2.47. The molecule has 0 unspecified atom stereocenters. The molecule has 1 atom stereocenters. The molecule has 43 heavy (non-hydrogen) atoms. The summed E-state index contributed by atoms with van der Waals surface area (Å²) in [4.78, 5) is 18.2. The molecule has 224 valence electrons. The summed E-state index contributed by atoms with van der Waals surface area (Å²) in [5, 5.41) is 8.56. The average molecular weight is 615 g/mol. The zero-order valence-corrected chi connectivity index (χ0v) is 23.7. The van der Waals surface area contributed by atoms with Crippen LogP contribution in [0.5, 0.6) is 0 Å². The number of carbonyl (C=O) groups is 1. The first-order chi connectivity index (χ1) is 20.4. The molecule has 3 aromatic heterocycles. The summed E-state index contributed by atoms with van der Waals surface area (Å²) < 4.78 is 86.1. The van der Waals surface area contributed by atoms with Crippen molar-refractivity contribution in [2.24, 2.45) is 5.41 Å². The van der Waals surface area contributed by atoms with Gasteiger partial charge in [0.15, 0.2) is 5.78 Å². The molecule has 6 rings (SSSR count). The Morgan fingerprint density at radius 2 is 1.86 bits per heavy atom. The molecule has 1 fully saturated rings. The fraction of sp³-hybridized carbons (Fsp3) is 0.310. The maximum absolute atomic E-state index is 14.3. The lowest BCUT2D eigenvalue weighted by Crippen LogP contribution is -2.53. The molecule has 4 aromatic rings. The van der Waals surface area contributed by atoms with Gasteiger partial charge < -0.3 is 0 Å². The quantitative estimate of drug-likeness (QED) is 0.216. The molecule has 9 nitrogen and oxygen atoms in total. The summed E-state index contributed by atoms with van der Waals surface area (Å²) in [6.45, 7) is 2.18. The van der Waals surface area contributed by atoms with E-state index in [1.54, 1.807) is 22.9 Å². The number of carbonyl (C=O) groups excluding carboxylic acids is 1. The van der Waals surface area contributed by atoms with Crippen LogP contribution in [0.2, 0.25) is 0 Å². The number of hydrogen-bond acceptors (Lipinski definition) is 6. The number of Topliss-reactive ketones (excluding diaryl/α,β-unsaturated/α-hetero) is 1. The van der Waals surface area contributed by atoms with E-state index in [0.29, 0.717) is 35.1 Å². The number of aromatic nitrogens is 5. The summed E-state index contributed by atoms with van der Waals surface area (Å²) in [5.41, 5.74) is -0.640. The number of fused-ring (bicyclic) bond motifs is 2. The van der Waals surface area contributed by atoms with Crippen molar-refractivity contribution < 1.29 is 30.8 Å². The van der Waals surface area contributed by atoms with E-state index in [-0.39, 0.29) is 30.8 Å². The molecular formula is C29H26F4N6O3S. The van der Waals surface area contributed by atoms with Crippen LogP contribution in [0.1, 0.15) is 47.1 Å². The second-order valence-corrected chi connectivity index (χ2v) is 12.6. The first-order valence-electron chi connectivity index (χ1n) is 13.6. The van der Waals surface area contributed by atoms with Crippen molar-refractivity contribution in [3.63, 3.8) is 0 Å². The first-order valence-corrected chi connectivity index (χ1v) is 15.0. The predicted molar refractivity (Wildman–Crippen MR) is 147 cm³/mol. The van der Waals surface area contributed by atoms with Crippen LogP contribution in [0, 0.1) is 11.2 Å². The van der Waals surface area contributed by atoms with Crippen LogP contribution >= 0.6 is 0 Å². The van der Waals surface area contributed by atoms with E-state index in [1.165, 1.54) is 39.7 Å². The van der Waals surface area contributed by atoms with E-state index >= 15 is 0 Å². The molecular weight excluding hydrogens is 588 g/mol. The zero-order valence-electron chi connectivity index (χ0n) is 22.9. The average Bonchev–Trinajstić information content (AvgIpc) is 3.63. The van der Waals surface area contributed by atoms with E-state index < -0.39 is 44.5 Å². The topological polar surface area (TPSA) is 103 Å². The lowest BCUT2D eigenvalue weighted by atomic mass is 9.65. The molecule has 0 saturated carbocycles. The fourth-order valence-corrected chi connectivity index (χ4v) is 7.22. The van der Waals surface area contributed by atoms with Crippen molar-refractivity contribution >= 4 is 21.9 Å². The largest absolute Gasteiger partial charge is 0.416 e. The van der Waals surface area contributed by atoms with Crippen molar-refractivity contribution in [2.75, 3.05) is 13.1 Å². The molecule has 1 aliphatic carbocycles. The van der Waals surface area contributed by atoms with Crippen molar-refractivity contribution in [1.82, 2.24) is 28.9 Å². The van der Waals surface area contributed by atoms with Gasteiger partial charge in [-0.2, -0.15) is 27.7 Å². The van der Waals surface area contributed by atoms with Gasteiger partial charge >= 0.3 is 6.18 Å². The number of sulfonamides is 1. The summed E-state index contributed by atoms with van der Waals surface area (Å²) in [7, 11) is -4.10. The Kier molecular flexibility index (Phi) is 7.08. The minimum absolute atomic E-state index is 0.0206. The molecule has 14 heteroatoms. The summed E-state index contributed by atoms with van der Waals surface area (Å²) >= 11 is 0. The molecule has 1 aromatic carbocycles. The standard InChI is InChI=1S/C29H26F4N6O3S/c1-2-10-37-17-24(16-35-37)43(41,42)38-11-8-20-13-26-19(15-36-39(26)23-5-3-22(30)4-6-23)14-28(20,18-38)27(40)25-12-21(7-9-34-25)29(31,32)33/h3-7,9,12-13,15-17H,2,8,10-11,14,18H2,1H3/t28-/m0/s1. The van der Waals surface area contributed by atoms with Crippen LogP contribution in [0.15, 0.2) is 71.7 Å². The van der Waals surface area contributed by atoms with Gasteiger partial charge in [-0.05, 0) is 67.3 Å². The molecule has 0 radical (unpaired) electrons. The monoisotopic (exact) mass is 614 g/mol. The van der Waals surface area contributed by atoms with Gasteiger partial charge in [-0.3, -0.25) is 14.5 Å². The third-order valence-electron chi connectivity index (χ3n) is 7.91. The normalized spacial score (nSPS) is 19.0. The van der Waals surface area contributed by atoms with Crippen LogP contribution in [0.4, 0.5) is 17.6 Å². The molecule has 0 N–H and O–H groups in total. The maximum atomic E-state index is 14.3. The van der Waals surface area contributed by atoms with E-state index in [4.69, 9.17) is 0 Å². The van der Waals surface area contributed by atoms with Crippen molar-refractivity contribution in [3.8, 4) is 5.69 Å². The van der Waals surface area contributed by atoms with Gasteiger partial charge in [-0.25, -0.2) is 17.5 Å². The van der Waals surface area contributed by atoms with Gasteiger partial charge in [0.1, 0.15) is 16.4 Å². The molecule has 1 aliphatic heterocycles. The Balaban J connectivity index is 1.45. The SMILES string of the molecule is CCCn1cc(S(=O)(=O)N2CCC3=Cc4c(cnn4-c4ccc(F)cc4)C[C@]3(C(=O)c3cc(C(F)(F)F)ccn3)C2)cn1. The Morgan fingerprint density at radius 1 is 1.09 bits per heavy atom. The third-order valence-corrected chi connectivity index (χ3v) is 9.70. The molecule has 0 bridgehead atoms. The Hall–Kier alpha value is -4.17. The second-order valence-electron chi connectivity index (χ2n) is 10.7. The van der Waals surface area contributed by atoms with Crippen molar-refractivity contribution in [1.29, 1.82) is 0 Å². The summed E-state index contributed by atoms with van der Waals surface area (Å²) in [6.07, 6.45) is 3.04. The van der Waals surface area contributed by atoms with Gasteiger partial charge in [0.05, 0.1) is 34.8 Å². The van der Waals surface area contributed by atoms with E-state index in [0.717, 1.165) is 18.7 Å². The van der Waals surface area contributed by atoms with Gasteiger partial charge in [-0.1, -0.05) is 12.5 Å². The minimum Gasteiger partial charge on any atom is -0.291 e. The molecule has 0 spiro atoms. The smallest absolute Gasteiger partial charge is 0.291 e. The summed E-state index contributed by atoms with van der Waals surface area (Å²) in [6, 6.07) is 7.16. The van der Waals surface area contributed by atoms with Gasteiger partial charge in [0.25, 0.3) is 0 Å². The highest BCUT2D eigenvalue weighted by molar-refractivity contribution is 7.89. The number of nitrogens with zero attached hydrogens (tertiary/aromatic N) is 6. The minimum atomic E-state index is -4.70. The highest BCUT2D eigenvalue weighted by atomic mass is 32.2. The molecule has 1 saturated heterocycles. The number of aryl methyl sites for hydroxylation is 1. The third kappa shape index (κ3) is 5.07. The van der Waals surface area contributed by atoms with Crippen LogP contribution in [-0.4, -0.2) is 56.1 Å². The predicted octanol–water partition coefficient (Wildman–Crippen LogP) is 4.94. The lowest BCUT2D eigenvalue weighted by Gasteiger charge is -2.44. The number of halogens is 4. The fourth-order valence-electron chi connectivity index (χ4n) is 5.76. The first kappa shape index (κ1) is 28.9. The van der Waals surface area contributed by atoms with Crippen LogP contribution in [0.3, 0.4) is 0 Å². The van der Waals surface area contributed by atoms with E-state index in [9.17, 15) is 30.8 Å². The number of benzene rings is 1. The highest BCUT2D eigenvalue weighted by Gasteiger charge is 2.51. The van der Waals surface area contributed by atoms with E-state index in [1.807, 2.05) is 6.92 Å². The molecule has 0 amide bonds. The van der Waals surface area contributed by atoms with Crippen LogP contribution in [0.25, 0.3) is 11.8 Å². The van der Waals surface area contributed by atoms with Crippen molar-refractivity contribution in [2.45, 2.75) is 43.8 Å². The van der Waals surface area contributed by atoms with Crippen molar-refractivity contribution in [3.05, 3.63) is 95.1 Å².